The SMILES string of the molecule is CC(NC(=O)CCC1CCNCC1)c1ccc(Br)cc1. The zero-order chi connectivity index (χ0) is 14.4. The molecule has 2 N–H and O–H groups in total. The van der Waals surface area contributed by atoms with Gasteiger partial charge in [-0.3, -0.25) is 4.79 Å². The fraction of sp³-hybridized carbons (Fsp3) is 0.562. The number of carbonyl (C=O) groups is 1. The predicted octanol–water partition coefficient (Wildman–Crippen LogP) is 3.41. The van der Waals surface area contributed by atoms with Crippen molar-refractivity contribution in [3.8, 4) is 0 Å². The molecular weight excluding hydrogens is 316 g/mol. The van der Waals surface area contributed by atoms with Gasteiger partial charge in [0.05, 0.1) is 6.04 Å². The van der Waals surface area contributed by atoms with Crippen molar-refractivity contribution in [3.05, 3.63) is 34.3 Å². The Hall–Kier alpha value is -0.870. The van der Waals surface area contributed by atoms with Crippen LogP contribution >= 0.6 is 15.9 Å². The maximum absolute atomic E-state index is 12.0. The molecule has 0 spiro atoms. The van der Waals surface area contributed by atoms with Gasteiger partial charge in [0.15, 0.2) is 0 Å². The van der Waals surface area contributed by atoms with Gasteiger partial charge in [-0.05, 0) is 62.9 Å². The van der Waals surface area contributed by atoms with Crippen LogP contribution in [0.3, 0.4) is 0 Å². The van der Waals surface area contributed by atoms with Crippen LogP contribution in [0.25, 0.3) is 0 Å². The predicted molar refractivity (Wildman–Crippen MR) is 85.5 cm³/mol. The third-order valence-corrected chi connectivity index (χ3v) is 4.51. The number of hydrogen-bond donors (Lipinski definition) is 2. The third kappa shape index (κ3) is 4.91. The van der Waals surface area contributed by atoms with E-state index in [1.54, 1.807) is 0 Å². The van der Waals surface area contributed by atoms with E-state index in [9.17, 15) is 4.79 Å². The topological polar surface area (TPSA) is 41.1 Å². The van der Waals surface area contributed by atoms with Crippen molar-refractivity contribution in [3.63, 3.8) is 0 Å². The quantitative estimate of drug-likeness (QED) is 0.863. The Morgan fingerprint density at radius 1 is 1.35 bits per heavy atom. The Bertz CT molecular complexity index is 427. The molecule has 1 aliphatic rings. The first kappa shape index (κ1) is 15.5. The summed E-state index contributed by atoms with van der Waals surface area (Å²) in [6.07, 6.45) is 4.07. The van der Waals surface area contributed by atoms with E-state index in [-0.39, 0.29) is 11.9 Å². The van der Waals surface area contributed by atoms with Gasteiger partial charge in [0.2, 0.25) is 5.91 Å². The molecule has 0 radical (unpaired) electrons. The van der Waals surface area contributed by atoms with Crippen molar-refractivity contribution in [2.24, 2.45) is 5.92 Å². The van der Waals surface area contributed by atoms with Crippen molar-refractivity contribution in [2.45, 2.75) is 38.6 Å². The molecule has 110 valence electrons. The minimum absolute atomic E-state index is 0.0728. The summed E-state index contributed by atoms with van der Waals surface area (Å²) in [7, 11) is 0. The zero-order valence-corrected chi connectivity index (χ0v) is 13.6. The molecule has 2 rings (SSSR count). The summed E-state index contributed by atoms with van der Waals surface area (Å²) < 4.78 is 1.06. The van der Waals surface area contributed by atoms with Gasteiger partial charge in [-0.15, -0.1) is 0 Å². The van der Waals surface area contributed by atoms with Gasteiger partial charge in [0.1, 0.15) is 0 Å². The number of halogens is 1. The molecule has 1 aromatic rings. The van der Waals surface area contributed by atoms with Crippen molar-refractivity contribution >= 4 is 21.8 Å². The summed E-state index contributed by atoms with van der Waals surface area (Å²) >= 11 is 3.42. The van der Waals surface area contributed by atoms with Gasteiger partial charge in [-0.25, -0.2) is 0 Å². The number of piperidine rings is 1. The van der Waals surface area contributed by atoms with E-state index in [1.807, 2.05) is 31.2 Å². The lowest BCUT2D eigenvalue weighted by Gasteiger charge is -2.22. The van der Waals surface area contributed by atoms with Crippen LogP contribution < -0.4 is 10.6 Å². The Labute approximate surface area is 129 Å². The zero-order valence-electron chi connectivity index (χ0n) is 12.0. The highest BCUT2D eigenvalue weighted by atomic mass is 79.9. The Balaban J connectivity index is 1.74. The maximum Gasteiger partial charge on any atom is 0.220 e. The van der Waals surface area contributed by atoms with Crippen LogP contribution in [0.4, 0.5) is 0 Å². The third-order valence-electron chi connectivity index (χ3n) is 3.99. The summed E-state index contributed by atoms with van der Waals surface area (Å²) in [5.41, 5.74) is 1.14. The molecule has 0 saturated carbocycles. The highest BCUT2D eigenvalue weighted by Crippen LogP contribution is 2.19. The molecule has 1 atom stereocenters. The summed E-state index contributed by atoms with van der Waals surface area (Å²) in [5.74, 6) is 0.879. The fourth-order valence-electron chi connectivity index (χ4n) is 2.65. The minimum Gasteiger partial charge on any atom is -0.350 e. The first-order chi connectivity index (χ1) is 9.65. The van der Waals surface area contributed by atoms with Gasteiger partial charge in [-0.2, -0.15) is 0 Å². The van der Waals surface area contributed by atoms with E-state index in [0.717, 1.165) is 29.5 Å². The molecule has 4 heteroatoms. The highest BCUT2D eigenvalue weighted by molar-refractivity contribution is 9.10. The fourth-order valence-corrected chi connectivity index (χ4v) is 2.92. The lowest BCUT2D eigenvalue weighted by atomic mass is 9.93. The minimum atomic E-state index is 0.0728. The number of carbonyl (C=O) groups excluding carboxylic acids is 1. The monoisotopic (exact) mass is 338 g/mol. The molecule has 1 aromatic carbocycles. The van der Waals surface area contributed by atoms with Crippen LogP contribution in [0, 0.1) is 5.92 Å². The molecule has 1 amide bonds. The molecule has 0 aromatic heterocycles. The van der Waals surface area contributed by atoms with Crippen LogP contribution in [0.5, 0.6) is 0 Å². The smallest absolute Gasteiger partial charge is 0.220 e. The summed E-state index contributed by atoms with van der Waals surface area (Å²) in [6, 6.07) is 8.17. The Morgan fingerprint density at radius 3 is 2.65 bits per heavy atom. The van der Waals surface area contributed by atoms with E-state index in [2.05, 4.69) is 26.6 Å². The molecule has 20 heavy (non-hydrogen) atoms. The van der Waals surface area contributed by atoms with E-state index in [0.29, 0.717) is 12.3 Å². The lowest BCUT2D eigenvalue weighted by Crippen LogP contribution is -2.30. The average Bonchev–Trinajstić information content (AvgIpc) is 2.47. The lowest BCUT2D eigenvalue weighted by molar-refractivity contribution is -0.122. The van der Waals surface area contributed by atoms with Gasteiger partial charge >= 0.3 is 0 Å². The largest absolute Gasteiger partial charge is 0.350 e. The first-order valence-electron chi connectivity index (χ1n) is 7.40. The Morgan fingerprint density at radius 2 is 2.00 bits per heavy atom. The molecule has 1 fully saturated rings. The van der Waals surface area contributed by atoms with E-state index in [4.69, 9.17) is 0 Å². The molecule has 1 aliphatic heterocycles. The summed E-state index contributed by atoms with van der Waals surface area (Å²) in [5, 5.41) is 6.44. The summed E-state index contributed by atoms with van der Waals surface area (Å²) in [6.45, 7) is 4.23. The van der Waals surface area contributed by atoms with Crippen molar-refractivity contribution in [2.75, 3.05) is 13.1 Å². The molecule has 1 saturated heterocycles. The average molecular weight is 339 g/mol. The van der Waals surface area contributed by atoms with Crippen LogP contribution in [-0.4, -0.2) is 19.0 Å². The molecule has 0 aliphatic carbocycles. The molecule has 3 nitrogen and oxygen atoms in total. The van der Waals surface area contributed by atoms with Crippen molar-refractivity contribution in [1.29, 1.82) is 0 Å². The standard InChI is InChI=1S/C16H23BrN2O/c1-12(14-3-5-15(17)6-4-14)19-16(20)7-2-13-8-10-18-11-9-13/h3-6,12-13,18H,2,7-11H2,1H3,(H,19,20). The summed E-state index contributed by atoms with van der Waals surface area (Å²) in [4.78, 5) is 12.0. The number of nitrogens with one attached hydrogen (secondary N) is 2. The van der Waals surface area contributed by atoms with Crippen molar-refractivity contribution in [1.82, 2.24) is 10.6 Å². The van der Waals surface area contributed by atoms with E-state index in [1.165, 1.54) is 12.8 Å². The molecule has 0 bridgehead atoms. The van der Waals surface area contributed by atoms with Crippen LogP contribution in [0.15, 0.2) is 28.7 Å². The van der Waals surface area contributed by atoms with Gasteiger partial charge in [-0.1, -0.05) is 28.1 Å². The first-order valence-corrected chi connectivity index (χ1v) is 8.20. The number of amides is 1. The second kappa shape index (κ2) is 7.79. The number of benzene rings is 1. The van der Waals surface area contributed by atoms with E-state index < -0.39 is 0 Å². The number of rotatable bonds is 5. The maximum atomic E-state index is 12.0. The molecular formula is C16H23BrN2O. The Kier molecular flexibility index (Phi) is 6.05. The van der Waals surface area contributed by atoms with Crippen LogP contribution in [0.1, 0.15) is 44.2 Å². The van der Waals surface area contributed by atoms with Crippen molar-refractivity contribution < 1.29 is 4.79 Å². The normalized spacial score (nSPS) is 17.7. The van der Waals surface area contributed by atoms with Crippen LogP contribution in [-0.2, 0) is 4.79 Å². The second-order valence-electron chi connectivity index (χ2n) is 5.57. The second-order valence-corrected chi connectivity index (χ2v) is 6.49. The highest BCUT2D eigenvalue weighted by Gasteiger charge is 2.15. The molecule has 1 unspecified atom stereocenters. The van der Waals surface area contributed by atoms with Gasteiger partial charge in [0, 0.05) is 10.9 Å². The van der Waals surface area contributed by atoms with Gasteiger partial charge < -0.3 is 10.6 Å². The molecule has 1 heterocycles. The van der Waals surface area contributed by atoms with E-state index >= 15 is 0 Å². The van der Waals surface area contributed by atoms with Gasteiger partial charge in [0.25, 0.3) is 0 Å². The number of hydrogen-bond acceptors (Lipinski definition) is 2. The van der Waals surface area contributed by atoms with Crippen LogP contribution in [0.2, 0.25) is 0 Å².